The zero-order chi connectivity index (χ0) is 14.5. The molecule has 22 heavy (non-hydrogen) atoms. The van der Waals surface area contributed by atoms with E-state index in [4.69, 9.17) is 4.98 Å². The van der Waals surface area contributed by atoms with E-state index in [2.05, 4.69) is 60.7 Å². The maximum absolute atomic E-state index is 4.78. The summed E-state index contributed by atoms with van der Waals surface area (Å²) in [4.78, 5) is 4.78. The maximum atomic E-state index is 4.78. The molecular weight excluding hydrogens is 286 g/mol. The first-order chi connectivity index (χ1) is 10.9. The van der Waals surface area contributed by atoms with E-state index in [9.17, 15) is 0 Å². The second kappa shape index (κ2) is 4.52. The molecule has 0 atom stereocenters. The second-order valence-corrected chi connectivity index (χ2v) is 6.72. The number of aromatic nitrogens is 1. The fourth-order valence-corrected chi connectivity index (χ4v) is 4.21. The van der Waals surface area contributed by atoms with Crippen molar-refractivity contribution in [2.45, 2.75) is 6.42 Å². The molecule has 0 radical (unpaired) electrons. The monoisotopic (exact) mass is 299 g/mol. The van der Waals surface area contributed by atoms with Crippen LogP contribution in [0.2, 0.25) is 0 Å². The molecule has 2 heteroatoms. The summed E-state index contributed by atoms with van der Waals surface area (Å²) in [7, 11) is 0. The zero-order valence-electron chi connectivity index (χ0n) is 11.9. The smallest absolute Gasteiger partial charge is 0.124 e. The topological polar surface area (TPSA) is 12.9 Å². The lowest BCUT2D eigenvalue weighted by molar-refractivity contribution is 1.26. The minimum atomic E-state index is 1.05. The van der Waals surface area contributed by atoms with E-state index < -0.39 is 0 Å². The third-order valence-electron chi connectivity index (χ3n) is 4.34. The molecule has 1 aliphatic rings. The van der Waals surface area contributed by atoms with Gasteiger partial charge in [0.25, 0.3) is 0 Å². The van der Waals surface area contributed by atoms with Gasteiger partial charge in [-0.25, -0.2) is 4.98 Å². The van der Waals surface area contributed by atoms with Crippen LogP contribution in [0.1, 0.15) is 11.1 Å². The van der Waals surface area contributed by atoms with Crippen LogP contribution < -0.4 is 0 Å². The molecule has 3 aromatic carbocycles. The Bertz CT molecular complexity index is 980. The van der Waals surface area contributed by atoms with Crippen LogP contribution >= 0.6 is 11.3 Å². The van der Waals surface area contributed by atoms with Gasteiger partial charge >= 0.3 is 0 Å². The molecule has 0 saturated heterocycles. The Morgan fingerprint density at radius 3 is 2.55 bits per heavy atom. The third kappa shape index (κ3) is 1.74. The van der Waals surface area contributed by atoms with Gasteiger partial charge in [-0.3, -0.25) is 0 Å². The lowest BCUT2D eigenvalue weighted by Crippen LogP contribution is -1.82. The number of thiazole rings is 1. The molecule has 1 aromatic heterocycles. The SMILES string of the molecule is c1ccc2c(c1)Cc1ccc(-c3nc4ccccc4s3)cc1-2. The average molecular weight is 299 g/mol. The van der Waals surface area contributed by atoms with Crippen LogP contribution in [0.25, 0.3) is 31.9 Å². The summed E-state index contributed by atoms with van der Waals surface area (Å²) in [5.41, 5.74) is 7.90. The third-order valence-corrected chi connectivity index (χ3v) is 5.42. The van der Waals surface area contributed by atoms with Crippen LogP contribution in [0, 0.1) is 0 Å². The van der Waals surface area contributed by atoms with Gasteiger partial charge in [0, 0.05) is 5.56 Å². The molecule has 5 rings (SSSR count). The number of nitrogens with zero attached hydrogens (tertiary/aromatic N) is 1. The predicted octanol–water partition coefficient (Wildman–Crippen LogP) is 5.53. The van der Waals surface area contributed by atoms with Gasteiger partial charge < -0.3 is 0 Å². The highest BCUT2D eigenvalue weighted by Gasteiger charge is 2.18. The van der Waals surface area contributed by atoms with E-state index in [1.807, 2.05) is 6.07 Å². The minimum Gasteiger partial charge on any atom is -0.236 e. The summed E-state index contributed by atoms with van der Waals surface area (Å²) >= 11 is 1.77. The maximum Gasteiger partial charge on any atom is 0.124 e. The fraction of sp³-hybridized carbons (Fsp3) is 0.0500. The molecule has 1 aliphatic carbocycles. The van der Waals surface area contributed by atoms with Crippen LogP contribution in [0.3, 0.4) is 0 Å². The highest BCUT2D eigenvalue weighted by atomic mass is 32.1. The van der Waals surface area contributed by atoms with Crippen LogP contribution in [0.4, 0.5) is 0 Å². The van der Waals surface area contributed by atoms with Gasteiger partial charge in [-0.15, -0.1) is 11.3 Å². The highest BCUT2D eigenvalue weighted by Crippen LogP contribution is 2.39. The number of hydrogen-bond acceptors (Lipinski definition) is 2. The first kappa shape index (κ1) is 12.1. The van der Waals surface area contributed by atoms with Gasteiger partial charge in [0.2, 0.25) is 0 Å². The first-order valence-corrected chi connectivity index (χ1v) is 8.27. The summed E-state index contributed by atoms with van der Waals surface area (Å²) in [6.45, 7) is 0. The van der Waals surface area contributed by atoms with Crippen molar-refractivity contribution in [2.75, 3.05) is 0 Å². The van der Waals surface area contributed by atoms with E-state index >= 15 is 0 Å². The van der Waals surface area contributed by atoms with Crippen molar-refractivity contribution in [1.29, 1.82) is 0 Å². The van der Waals surface area contributed by atoms with E-state index in [0.29, 0.717) is 0 Å². The Labute approximate surface area is 132 Å². The summed E-state index contributed by atoms with van der Waals surface area (Å²) in [5, 5.41) is 1.10. The summed E-state index contributed by atoms with van der Waals surface area (Å²) in [6, 6.07) is 23.8. The highest BCUT2D eigenvalue weighted by molar-refractivity contribution is 7.21. The fourth-order valence-electron chi connectivity index (χ4n) is 3.25. The predicted molar refractivity (Wildman–Crippen MR) is 93.3 cm³/mol. The molecule has 1 heterocycles. The number of benzene rings is 3. The molecule has 0 spiro atoms. The molecule has 0 unspecified atom stereocenters. The van der Waals surface area contributed by atoms with Crippen molar-refractivity contribution >= 4 is 21.6 Å². The van der Waals surface area contributed by atoms with Gasteiger partial charge in [-0.1, -0.05) is 48.5 Å². The Morgan fingerprint density at radius 1 is 0.773 bits per heavy atom. The summed E-state index contributed by atoms with van der Waals surface area (Å²) in [6.07, 6.45) is 1.05. The van der Waals surface area contributed by atoms with Crippen molar-refractivity contribution in [2.24, 2.45) is 0 Å². The van der Waals surface area contributed by atoms with Crippen molar-refractivity contribution in [3.63, 3.8) is 0 Å². The molecule has 0 N–H and O–H groups in total. The van der Waals surface area contributed by atoms with E-state index in [0.717, 1.165) is 16.9 Å². The van der Waals surface area contributed by atoms with E-state index in [1.54, 1.807) is 11.3 Å². The Hall–Kier alpha value is -2.45. The number of para-hydroxylation sites is 1. The molecule has 0 saturated carbocycles. The molecule has 0 bridgehead atoms. The Kier molecular flexibility index (Phi) is 2.49. The van der Waals surface area contributed by atoms with E-state index in [-0.39, 0.29) is 0 Å². The van der Waals surface area contributed by atoms with Crippen molar-refractivity contribution in [3.05, 3.63) is 77.9 Å². The summed E-state index contributed by atoms with van der Waals surface area (Å²) in [5.74, 6) is 0. The molecule has 4 aromatic rings. The average Bonchev–Trinajstić information content (AvgIpc) is 3.15. The lowest BCUT2D eigenvalue weighted by Gasteiger charge is -2.03. The molecule has 1 nitrogen and oxygen atoms in total. The number of fused-ring (bicyclic) bond motifs is 4. The van der Waals surface area contributed by atoms with Crippen molar-refractivity contribution in [1.82, 2.24) is 4.98 Å². The van der Waals surface area contributed by atoms with Crippen molar-refractivity contribution < 1.29 is 0 Å². The largest absolute Gasteiger partial charge is 0.236 e. The molecule has 0 fully saturated rings. The van der Waals surface area contributed by atoms with Gasteiger partial charge in [0.05, 0.1) is 10.2 Å². The molecular formula is C20H13NS. The quantitative estimate of drug-likeness (QED) is 0.396. The molecule has 104 valence electrons. The zero-order valence-corrected chi connectivity index (χ0v) is 12.7. The van der Waals surface area contributed by atoms with Gasteiger partial charge in [0.15, 0.2) is 0 Å². The van der Waals surface area contributed by atoms with E-state index in [1.165, 1.54) is 32.5 Å². The number of rotatable bonds is 1. The molecule has 0 amide bonds. The van der Waals surface area contributed by atoms with Crippen LogP contribution in [0.5, 0.6) is 0 Å². The summed E-state index contributed by atoms with van der Waals surface area (Å²) < 4.78 is 1.25. The van der Waals surface area contributed by atoms with Crippen LogP contribution in [-0.4, -0.2) is 4.98 Å². The first-order valence-electron chi connectivity index (χ1n) is 7.46. The van der Waals surface area contributed by atoms with Gasteiger partial charge in [0.1, 0.15) is 5.01 Å². The number of hydrogen-bond donors (Lipinski definition) is 0. The van der Waals surface area contributed by atoms with Crippen LogP contribution in [-0.2, 0) is 6.42 Å². The lowest BCUT2D eigenvalue weighted by atomic mass is 10.0. The van der Waals surface area contributed by atoms with Gasteiger partial charge in [-0.05, 0) is 46.9 Å². The second-order valence-electron chi connectivity index (χ2n) is 5.69. The standard InChI is InChI=1S/C20H13NS/c1-2-6-16-13(5-1)11-14-9-10-15(12-17(14)16)20-21-18-7-3-4-8-19(18)22-20/h1-10,12H,11H2. The Balaban J connectivity index is 1.69. The Morgan fingerprint density at radius 2 is 1.59 bits per heavy atom. The minimum absolute atomic E-state index is 1.05. The molecule has 0 aliphatic heterocycles. The van der Waals surface area contributed by atoms with Gasteiger partial charge in [-0.2, -0.15) is 0 Å². The normalized spacial score (nSPS) is 12.4. The van der Waals surface area contributed by atoms with Crippen LogP contribution in [0.15, 0.2) is 66.7 Å². The van der Waals surface area contributed by atoms with Crippen molar-refractivity contribution in [3.8, 4) is 21.7 Å².